The zero-order valence-electron chi connectivity index (χ0n) is 10.8. The Labute approximate surface area is 126 Å². The van der Waals surface area contributed by atoms with Gasteiger partial charge in [-0.1, -0.05) is 22.9 Å². The maximum absolute atomic E-state index is 12.3. The number of hydrogen-bond acceptors (Lipinski definition) is 6. The van der Waals surface area contributed by atoms with Crippen molar-refractivity contribution in [3.8, 4) is 0 Å². The lowest BCUT2D eigenvalue weighted by molar-refractivity contribution is -0.136. The molecule has 0 bridgehead atoms. The van der Waals surface area contributed by atoms with Crippen LogP contribution in [0.4, 0.5) is 0 Å². The third-order valence-corrected chi connectivity index (χ3v) is 6.36. The molecule has 1 saturated heterocycles. The molecule has 1 fully saturated rings. The molecule has 0 spiro atoms. The van der Waals surface area contributed by atoms with Crippen LogP contribution in [0.2, 0.25) is 4.47 Å². The van der Waals surface area contributed by atoms with Gasteiger partial charge in [-0.05, 0) is 0 Å². The molecule has 112 valence electrons. The lowest BCUT2D eigenvalue weighted by Gasteiger charge is -2.33. The Morgan fingerprint density at radius 3 is 2.60 bits per heavy atom. The molecule has 0 aliphatic carbocycles. The summed E-state index contributed by atoms with van der Waals surface area (Å²) >= 11 is 6.59. The number of carbonyl (C=O) groups is 1. The monoisotopic (exact) mass is 339 g/mol. The van der Waals surface area contributed by atoms with E-state index in [1.54, 1.807) is 4.90 Å². The van der Waals surface area contributed by atoms with Crippen LogP contribution < -0.4 is 0 Å². The van der Waals surface area contributed by atoms with E-state index < -0.39 is 10.0 Å². The van der Waals surface area contributed by atoms with Gasteiger partial charge in [-0.15, -0.1) is 0 Å². The Bertz CT molecular complexity index is 581. The van der Waals surface area contributed by atoms with Crippen molar-refractivity contribution in [1.82, 2.24) is 14.2 Å². The highest BCUT2D eigenvalue weighted by Crippen LogP contribution is 2.26. The van der Waals surface area contributed by atoms with Crippen molar-refractivity contribution in [3.63, 3.8) is 0 Å². The lowest BCUT2D eigenvalue weighted by Crippen LogP contribution is -2.51. The summed E-state index contributed by atoms with van der Waals surface area (Å²) in [7, 11) is -2.12. The third kappa shape index (κ3) is 3.29. The van der Waals surface area contributed by atoms with Crippen LogP contribution in [0.1, 0.15) is 0 Å². The topological polar surface area (TPSA) is 79.8 Å². The van der Waals surface area contributed by atoms with Crippen LogP contribution in [0.25, 0.3) is 0 Å². The summed E-state index contributed by atoms with van der Waals surface area (Å²) in [5, 5.41) is 0. The number of halogens is 1. The summed E-state index contributed by atoms with van der Waals surface area (Å²) in [5.41, 5.74) is 0. The highest BCUT2D eigenvalue weighted by atomic mass is 35.5. The van der Waals surface area contributed by atoms with Crippen molar-refractivity contribution in [2.24, 2.45) is 0 Å². The van der Waals surface area contributed by atoms with Crippen LogP contribution in [0.3, 0.4) is 0 Å². The first-order valence-corrected chi connectivity index (χ1v) is 8.47. The van der Waals surface area contributed by atoms with Crippen LogP contribution in [0.5, 0.6) is 0 Å². The molecule has 0 saturated carbocycles. The van der Waals surface area contributed by atoms with Gasteiger partial charge in [-0.2, -0.15) is 4.31 Å². The Kier molecular flexibility index (Phi) is 4.97. The minimum Gasteiger partial charge on any atom is -0.375 e. The van der Waals surface area contributed by atoms with E-state index in [0.29, 0.717) is 13.1 Å². The fraction of sp³-hybridized carbons (Fsp3) is 0.600. The zero-order valence-corrected chi connectivity index (χ0v) is 13.2. The van der Waals surface area contributed by atoms with Gasteiger partial charge in [-0.25, -0.2) is 13.4 Å². The van der Waals surface area contributed by atoms with Crippen LogP contribution in [0, 0.1) is 0 Å². The second kappa shape index (κ2) is 6.35. The molecule has 2 rings (SSSR count). The summed E-state index contributed by atoms with van der Waals surface area (Å²) in [4.78, 5) is 17.0. The number of nitrogens with zero attached hydrogens (tertiary/aromatic N) is 3. The van der Waals surface area contributed by atoms with E-state index in [9.17, 15) is 13.2 Å². The number of aromatic nitrogens is 1. The molecule has 0 N–H and O–H groups in total. The zero-order chi connectivity index (χ0) is 14.8. The average molecular weight is 340 g/mol. The van der Waals surface area contributed by atoms with E-state index in [0.717, 1.165) is 11.3 Å². The smallest absolute Gasteiger partial charge is 0.254 e. The quantitative estimate of drug-likeness (QED) is 0.787. The normalized spacial score (nSPS) is 17.4. The summed E-state index contributed by atoms with van der Waals surface area (Å²) in [5.74, 6) is -0.134. The number of sulfonamides is 1. The molecule has 0 unspecified atom stereocenters. The van der Waals surface area contributed by atoms with Crippen molar-refractivity contribution in [1.29, 1.82) is 0 Å². The Hall–Kier alpha value is -0.740. The number of hydrogen-bond donors (Lipinski definition) is 0. The molecule has 1 aliphatic heterocycles. The second-order valence-electron chi connectivity index (χ2n) is 4.15. The molecule has 2 heterocycles. The van der Waals surface area contributed by atoms with Gasteiger partial charge in [0.1, 0.15) is 6.61 Å². The maximum atomic E-state index is 12.3. The molecule has 0 atom stereocenters. The van der Waals surface area contributed by atoms with Gasteiger partial charge in [0.15, 0.2) is 8.68 Å². The van der Waals surface area contributed by atoms with Gasteiger partial charge in [0.25, 0.3) is 10.0 Å². The van der Waals surface area contributed by atoms with Crippen molar-refractivity contribution in [2.45, 2.75) is 4.21 Å². The Balaban J connectivity index is 2.02. The number of ether oxygens (including phenoxy) is 1. The maximum Gasteiger partial charge on any atom is 0.254 e. The van der Waals surface area contributed by atoms with Gasteiger partial charge in [-0.3, -0.25) is 4.79 Å². The molecule has 7 nitrogen and oxygen atoms in total. The van der Waals surface area contributed by atoms with Gasteiger partial charge >= 0.3 is 0 Å². The Morgan fingerprint density at radius 1 is 1.45 bits per heavy atom. The molecular weight excluding hydrogens is 326 g/mol. The van der Waals surface area contributed by atoms with E-state index in [1.165, 1.54) is 17.6 Å². The van der Waals surface area contributed by atoms with Crippen molar-refractivity contribution in [3.05, 3.63) is 10.7 Å². The fourth-order valence-corrected chi connectivity index (χ4v) is 4.75. The van der Waals surface area contributed by atoms with Crippen molar-refractivity contribution in [2.75, 3.05) is 39.9 Å². The number of carbonyl (C=O) groups excluding carboxylic acids is 1. The van der Waals surface area contributed by atoms with Crippen molar-refractivity contribution >= 4 is 38.9 Å². The standard InChI is InChI=1S/C10H14ClN3O4S2/c1-18-7-8(15)13-2-4-14(5-3-13)20(16,17)9-6-12-10(11)19-9/h6H,2-5,7H2,1H3. The molecular formula is C10H14ClN3O4S2. The second-order valence-corrected chi connectivity index (χ2v) is 7.93. The lowest BCUT2D eigenvalue weighted by atomic mass is 10.3. The van der Waals surface area contributed by atoms with Crippen LogP contribution in [-0.2, 0) is 19.6 Å². The van der Waals surface area contributed by atoms with Crippen LogP contribution >= 0.6 is 22.9 Å². The fourth-order valence-electron chi connectivity index (χ4n) is 1.88. The summed E-state index contributed by atoms with van der Waals surface area (Å²) in [6, 6.07) is 0. The highest BCUT2D eigenvalue weighted by Gasteiger charge is 2.31. The predicted octanol–water partition coefficient (Wildman–Crippen LogP) is 0.276. The average Bonchev–Trinajstić information content (AvgIpc) is 2.86. The number of methoxy groups -OCH3 is 1. The van der Waals surface area contributed by atoms with Gasteiger partial charge in [0, 0.05) is 33.3 Å². The van der Waals surface area contributed by atoms with Crippen LogP contribution in [0.15, 0.2) is 10.4 Å². The number of piperazine rings is 1. The van der Waals surface area contributed by atoms with E-state index in [4.69, 9.17) is 16.3 Å². The Morgan fingerprint density at radius 2 is 2.10 bits per heavy atom. The van der Waals surface area contributed by atoms with E-state index in [2.05, 4.69) is 4.98 Å². The summed E-state index contributed by atoms with van der Waals surface area (Å²) in [6.07, 6.45) is 1.25. The van der Waals surface area contributed by atoms with Gasteiger partial charge in [0.05, 0.1) is 6.20 Å². The largest absolute Gasteiger partial charge is 0.375 e. The van der Waals surface area contributed by atoms with E-state index in [-0.39, 0.29) is 34.3 Å². The number of thiazole rings is 1. The first kappa shape index (κ1) is 15.6. The van der Waals surface area contributed by atoms with E-state index in [1.807, 2.05) is 0 Å². The van der Waals surface area contributed by atoms with Gasteiger partial charge < -0.3 is 9.64 Å². The third-order valence-electron chi connectivity index (χ3n) is 2.91. The van der Waals surface area contributed by atoms with Crippen molar-refractivity contribution < 1.29 is 17.9 Å². The first-order chi connectivity index (χ1) is 9.45. The first-order valence-electron chi connectivity index (χ1n) is 5.83. The minimum absolute atomic E-state index is 0.0111. The van der Waals surface area contributed by atoms with Gasteiger partial charge in [0.2, 0.25) is 5.91 Å². The number of rotatable bonds is 4. The predicted molar refractivity (Wildman–Crippen MR) is 74.3 cm³/mol. The molecule has 0 aromatic carbocycles. The SMILES string of the molecule is COCC(=O)N1CCN(S(=O)(=O)c2cnc(Cl)s2)CC1. The van der Waals surface area contributed by atoms with E-state index >= 15 is 0 Å². The molecule has 1 amide bonds. The molecule has 1 aliphatic rings. The molecule has 0 radical (unpaired) electrons. The molecule has 1 aromatic heterocycles. The number of amides is 1. The highest BCUT2D eigenvalue weighted by molar-refractivity contribution is 7.91. The van der Waals surface area contributed by atoms with Crippen LogP contribution in [-0.4, -0.2) is 68.4 Å². The minimum atomic E-state index is -3.57. The molecule has 10 heteroatoms. The summed E-state index contributed by atoms with van der Waals surface area (Å²) < 4.78 is 31.1. The molecule has 1 aromatic rings. The summed E-state index contributed by atoms with van der Waals surface area (Å²) in [6.45, 7) is 1.24. The molecule has 20 heavy (non-hydrogen) atoms.